The van der Waals surface area contributed by atoms with Crippen molar-refractivity contribution in [3.63, 3.8) is 0 Å². The standard InChI is InChI=1S/C14H18ClNO5/c1-16(7-10(17)8-19-2)14(18)9-5-11(15)13-12(6-9)20-3-4-21-13/h5-6,10,17H,3-4,7-8H2,1-2H3. The third-order valence-corrected chi connectivity index (χ3v) is 3.31. The molecule has 0 fully saturated rings. The Kier molecular flexibility index (Phi) is 5.27. The number of likely N-dealkylation sites (N-methyl/N-ethyl adjacent to an activating group) is 1. The molecular weight excluding hydrogens is 298 g/mol. The fraction of sp³-hybridized carbons (Fsp3) is 0.500. The van der Waals surface area contributed by atoms with Crippen molar-refractivity contribution in [1.82, 2.24) is 4.90 Å². The van der Waals surface area contributed by atoms with E-state index in [1.165, 1.54) is 18.1 Å². The minimum absolute atomic E-state index is 0.165. The van der Waals surface area contributed by atoms with Crippen molar-refractivity contribution in [3.05, 3.63) is 22.7 Å². The number of nitrogens with zero attached hydrogens (tertiary/aromatic N) is 1. The molecule has 1 aromatic rings. The third-order valence-electron chi connectivity index (χ3n) is 3.03. The Balaban J connectivity index is 2.14. The number of aliphatic hydroxyl groups is 1. The fourth-order valence-electron chi connectivity index (χ4n) is 2.10. The largest absolute Gasteiger partial charge is 0.486 e. The van der Waals surface area contributed by atoms with E-state index in [9.17, 15) is 9.90 Å². The molecule has 1 atom stereocenters. The van der Waals surface area contributed by atoms with Crippen LogP contribution in [0.1, 0.15) is 10.4 Å². The number of ether oxygens (including phenoxy) is 3. The zero-order valence-corrected chi connectivity index (χ0v) is 12.7. The summed E-state index contributed by atoms with van der Waals surface area (Å²) >= 11 is 6.11. The number of rotatable bonds is 5. The summed E-state index contributed by atoms with van der Waals surface area (Å²) in [5.41, 5.74) is 0.386. The number of methoxy groups -OCH3 is 1. The van der Waals surface area contributed by atoms with Crippen LogP contribution < -0.4 is 9.47 Å². The molecule has 0 radical (unpaired) electrons. The number of hydrogen-bond acceptors (Lipinski definition) is 5. The number of benzene rings is 1. The van der Waals surface area contributed by atoms with Gasteiger partial charge in [-0.05, 0) is 12.1 Å². The minimum Gasteiger partial charge on any atom is -0.486 e. The number of carbonyl (C=O) groups is 1. The van der Waals surface area contributed by atoms with Gasteiger partial charge in [0.05, 0.1) is 17.7 Å². The maximum absolute atomic E-state index is 12.3. The Morgan fingerprint density at radius 1 is 1.48 bits per heavy atom. The maximum atomic E-state index is 12.3. The van der Waals surface area contributed by atoms with Crippen LogP contribution in [0.2, 0.25) is 5.02 Å². The van der Waals surface area contributed by atoms with Crippen LogP contribution in [-0.4, -0.2) is 62.5 Å². The maximum Gasteiger partial charge on any atom is 0.253 e. The van der Waals surface area contributed by atoms with E-state index in [0.717, 1.165) is 0 Å². The second-order valence-corrected chi connectivity index (χ2v) is 5.18. The zero-order chi connectivity index (χ0) is 15.4. The highest BCUT2D eigenvalue weighted by Crippen LogP contribution is 2.38. The number of hydrogen-bond donors (Lipinski definition) is 1. The Hall–Kier alpha value is -1.50. The molecule has 0 aliphatic carbocycles. The van der Waals surface area contributed by atoms with E-state index in [1.54, 1.807) is 13.1 Å². The van der Waals surface area contributed by atoms with Gasteiger partial charge in [0.1, 0.15) is 13.2 Å². The molecule has 1 amide bonds. The molecule has 1 heterocycles. The first-order chi connectivity index (χ1) is 10.0. The molecule has 1 aliphatic rings. The summed E-state index contributed by atoms with van der Waals surface area (Å²) in [5.74, 6) is 0.661. The number of aliphatic hydroxyl groups excluding tert-OH is 1. The Labute approximate surface area is 128 Å². The van der Waals surface area contributed by atoms with E-state index in [-0.39, 0.29) is 19.1 Å². The summed E-state index contributed by atoms with van der Waals surface area (Å²) in [6.07, 6.45) is -0.739. The molecule has 7 heteroatoms. The van der Waals surface area contributed by atoms with Crippen molar-refractivity contribution in [3.8, 4) is 11.5 Å². The van der Waals surface area contributed by atoms with Crippen molar-refractivity contribution in [1.29, 1.82) is 0 Å². The van der Waals surface area contributed by atoms with Crippen molar-refractivity contribution in [2.24, 2.45) is 0 Å². The molecule has 0 saturated carbocycles. The first-order valence-corrected chi connectivity index (χ1v) is 6.92. The Bertz CT molecular complexity index is 522. The molecule has 116 valence electrons. The van der Waals surface area contributed by atoms with Crippen LogP contribution in [0.3, 0.4) is 0 Å². The molecule has 0 bridgehead atoms. The summed E-state index contributed by atoms with van der Waals surface area (Å²) in [6.45, 7) is 1.19. The van der Waals surface area contributed by atoms with Crippen LogP contribution in [-0.2, 0) is 4.74 Å². The van der Waals surface area contributed by atoms with Crippen LogP contribution in [0, 0.1) is 0 Å². The van der Waals surface area contributed by atoms with Crippen molar-refractivity contribution in [2.75, 3.05) is 40.5 Å². The number of halogens is 1. The summed E-state index contributed by atoms with van der Waals surface area (Å²) in [4.78, 5) is 13.7. The zero-order valence-electron chi connectivity index (χ0n) is 12.0. The lowest BCUT2D eigenvalue weighted by molar-refractivity contribution is 0.0380. The van der Waals surface area contributed by atoms with Gasteiger partial charge >= 0.3 is 0 Å². The Morgan fingerprint density at radius 3 is 2.90 bits per heavy atom. The smallest absolute Gasteiger partial charge is 0.253 e. The van der Waals surface area contributed by atoms with Crippen molar-refractivity contribution >= 4 is 17.5 Å². The van der Waals surface area contributed by atoms with Gasteiger partial charge in [-0.15, -0.1) is 0 Å². The number of fused-ring (bicyclic) bond motifs is 1. The molecular formula is C14H18ClNO5. The van der Waals surface area contributed by atoms with Gasteiger partial charge in [0.2, 0.25) is 0 Å². The van der Waals surface area contributed by atoms with Gasteiger partial charge in [0.25, 0.3) is 5.91 Å². The Morgan fingerprint density at radius 2 is 2.19 bits per heavy atom. The summed E-state index contributed by atoms with van der Waals surface area (Å²) in [6, 6.07) is 3.14. The predicted molar refractivity (Wildman–Crippen MR) is 77.3 cm³/mol. The fourth-order valence-corrected chi connectivity index (χ4v) is 2.36. The second kappa shape index (κ2) is 6.98. The average Bonchev–Trinajstić information content (AvgIpc) is 2.46. The van der Waals surface area contributed by atoms with Gasteiger partial charge in [0.15, 0.2) is 11.5 Å². The van der Waals surface area contributed by atoms with Crippen LogP contribution in [0.5, 0.6) is 11.5 Å². The summed E-state index contributed by atoms with van der Waals surface area (Å²) in [7, 11) is 3.09. The topological polar surface area (TPSA) is 68.2 Å². The first-order valence-electron chi connectivity index (χ1n) is 6.54. The molecule has 21 heavy (non-hydrogen) atoms. The molecule has 0 spiro atoms. The van der Waals surface area contributed by atoms with E-state index >= 15 is 0 Å². The molecule has 0 saturated heterocycles. The van der Waals surface area contributed by atoms with Crippen molar-refractivity contribution < 1.29 is 24.1 Å². The molecule has 1 unspecified atom stereocenters. The first kappa shape index (κ1) is 15.9. The van der Waals surface area contributed by atoms with E-state index in [0.29, 0.717) is 35.3 Å². The van der Waals surface area contributed by atoms with Crippen molar-refractivity contribution in [2.45, 2.75) is 6.10 Å². The highest BCUT2D eigenvalue weighted by atomic mass is 35.5. The predicted octanol–water partition coefficient (Wildman–Crippen LogP) is 1.19. The number of amides is 1. The monoisotopic (exact) mass is 315 g/mol. The summed E-state index contributed by atoms with van der Waals surface area (Å²) < 4.78 is 15.7. The highest BCUT2D eigenvalue weighted by molar-refractivity contribution is 6.32. The molecule has 0 aromatic heterocycles. The van der Waals surface area contributed by atoms with Gasteiger partial charge in [-0.3, -0.25) is 4.79 Å². The van der Waals surface area contributed by atoms with Crippen LogP contribution >= 0.6 is 11.6 Å². The highest BCUT2D eigenvalue weighted by Gasteiger charge is 2.22. The van der Waals surface area contributed by atoms with Gasteiger partial charge in [-0.25, -0.2) is 0 Å². The molecule has 1 aliphatic heterocycles. The van der Waals surface area contributed by atoms with E-state index in [1.807, 2.05) is 0 Å². The quantitative estimate of drug-likeness (QED) is 0.884. The third kappa shape index (κ3) is 3.78. The van der Waals surface area contributed by atoms with Gasteiger partial charge in [0, 0.05) is 26.3 Å². The van der Waals surface area contributed by atoms with Crippen LogP contribution in [0.15, 0.2) is 12.1 Å². The van der Waals surface area contributed by atoms with E-state index in [4.69, 9.17) is 25.8 Å². The second-order valence-electron chi connectivity index (χ2n) is 4.78. The average molecular weight is 316 g/mol. The molecule has 1 N–H and O–H groups in total. The lowest BCUT2D eigenvalue weighted by Crippen LogP contribution is -2.36. The van der Waals surface area contributed by atoms with E-state index < -0.39 is 6.10 Å². The summed E-state index contributed by atoms with van der Waals surface area (Å²) in [5, 5.41) is 10.0. The lowest BCUT2D eigenvalue weighted by atomic mass is 10.1. The van der Waals surface area contributed by atoms with Gasteiger partial charge < -0.3 is 24.2 Å². The molecule has 6 nitrogen and oxygen atoms in total. The van der Waals surface area contributed by atoms with Crippen LogP contribution in [0.4, 0.5) is 0 Å². The van der Waals surface area contributed by atoms with Gasteiger partial charge in [-0.2, -0.15) is 0 Å². The SMILES string of the molecule is COCC(O)CN(C)C(=O)c1cc(Cl)c2c(c1)OCCO2. The lowest BCUT2D eigenvalue weighted by Gasteiger charge is -2.23. The minimum atomic E-state index is -0.739. The molecule has 1 aromatic carbocycles. The normalized spacial score (nSPS) is 14.7. The molecule has 2 rings (SSSR count). The van der Waals surface area contributed by atoms with Crippen LogP contribution in [0.25, 0.3) is 0 Å². The number of carbonyl (C=O) groups excluding carboxylic acids is 1. The van der Waals surface area contributed by atoms with Gasteiger partial charge in [-0.1, -0.05) is 11.6 Å². The van der Waals surface area contributed by atoms with E-state index in [2.05, 4.69) is 0 Å².